The molecule has 0 fully saturated rings. The molecule has 26 heavy (non-hydrogen) atoms. The quantitative estimate of drug-likeness (QED) is 0.655. The molecule has 1 heterocycles. The van der Waals surface area contributed by atoms with Crippen LogP contribution in [-0.2, 0) is 11.3 Å². The molecule has 4 nitrogen and oxygen atoms in total. The van der Waals surface area contributed by atoms with Crippen molar-refractivity contribution in [2.75, 3.05) is 7.11 Å². The molecule has 0 unspecified atom stereocenters. The highest BCUT2D eigenvalue weighted by Gasteiger charge is 2.19. The monoisotopic (exact) mass is 368 g/mol. The lowest BCUT2D eigenvalue weighted by Gasteiger charge is -2.17. The predicted molar refractivity (Wildman–Crippen MR) is 105 cm³/mol. The maximum Gasteiger partial charge on any atom is 0.340 e. The van der Waals surface area contributed by atoms with Crippen molar-refractivity contribution in [2.45, 2.75) is 26.4 Å². The van der Waals surface area contributed by atoms with Crippen molar-refractivity contribution in [1.82, 2.24) is 10.3 Å². The van der Waals surface area contributed by atoms with E-state index in [4.69, 9.17) is 21.3 Å². The number of methoxy groups -OCH3 is 1. The van der Waals surface area contributed by atoms with E-state index >= 15 is 0 Å². The van der Waals surface area contributed by atoms with Crippen molar-refractivity contribution in [3.05, 3.63) is 75.9 Å². The molecule has 0 bridgehead atoms. The van der Waals surface area contributed by atoms with Gasteiger partial charge in [-0.3, -0.25) is 4.98 Å². The molecular weight excluding hydrogens is 348 g/mol. The molecular formula is C21H21ClN2O2. The van der Waals surface area contributed by atoms with Gasteiger partial charge in [0.05, 0.1) is 23.9 Å². The minimum absolute atomic E-state index is 0.0892. The van der Waals surface area contributed by atoms with Gasteiger partial charge in [-0.05, 0) is 43.2 Å². The van der Waals surface area contributed by atoms with Crippen LogP contribution in [0.5, 0.6) is 0 Å². The first-order valence-corrected chi connectivity index (χ1v) is 8.84. The zero-order valence-corrected chi connectivity index (χ0v) is 15.8. The molecule has 1 atom stereocenters. The summed E-state index contributed by atoms with van der Waals surface area (Å²) >= 11 is 5.95. The Morgan fingerprint density at radius 2 is 1.88 bits per heavy atom. The molecule has 1 N–H and O–H groups in total. The summed E-state index contributed by atoms with van der Waals surface area (Å²) in [6, 6.07) is 15.6. The van der Waals surface area contributed by atoms with Crippen LogP contribution in [0, 0.1) is 6.92 Å². The number of halogens is 1. The van der Waals surface area contributed by atoms with E-state index in [9.17, 15) is 4.79 Å². The predicted octanol–water partition coefficient (Wildman–Crippen LogP) is 4.83. The number of benzene rings is 2. The molecule has 0 aliphatic heterocycles. The van der Waals surface area contributed by atoms with Crippen LogP contribution in [0.15, 0.2) is 48.5 Å². The Morgan fingerprint density at radius 1 is 1.19 bits per heavy atom. The Balaban J connectivity index is 1.93. The van der Waals surface area contributed by atoms with Gasteiger partial charge in [0.1, 0.15) is 0 Å². The van der Waals surface area contributed by atoms with Gasteiger partial charge >= 0.3 is 5.97 Å². The van der Waals surface area contributed by atoms with Crippen molar-refractivity contribution in [3.63, 3.8) is 0 Å². The maximum atomic E-state index is 12.3. The number of hydrogen-bond acceptors (Lipinski definition) is 4. The highest BCUT2D eigenvalue weighted by atomic mass is 35.5. The third-order valence-corrected chi connectivity index (χ3v) is 4.81. The number of para-hydroxylation sites is 1. The number of carbonyl (C=O) groups excluding carboxylic acids is 1. The number of aromatic nitrogens is 1. The molecule has 5 heteroatoms. The molecule has 0 aliphatic carbocycles. The summed E-state index contributed by atoms with van der Waals surface area (Å²) in [5, 5.41) is 5.10. The molecule has 0 saturated heterocycles. The molecule has 2 aromatic carbocycles. The number of aryl methyl sites for hydroxylation is 1. The van der Waals surface area contributed by atoms with Crippen molar-refractivity contribution < 1.29 is 9.53 Å². The fraction of sp³-hybridized carbons (Fsp3) is 0.238. The first-order chi connectivity index (χ1) is 12.5. The highest BCUT2D eigenvalue weighted by molar-refractivity contribution is 6.30. The van der Waals surface area contributed by atoms with Crippen LogP contribution in [0.2, 0.25) is 5.02 Å². The maximum absolute atomic E-state index is 12.3. The van der Waals surface area contributed by atoms with E-state index in [1.54, 1.807) is 0 Å². The summed E-state index contributed by atoms with van der Waals surface area (Å²) in [4.78, 5) is 17.0. The second kappa shape index (κ2) is 7.85. The molecule has 3 rings (SSSR count). The van der Waals surface area contributed by atoms with Crippen molar-refractivity contribution >= 4 is 28.5 Å². The van der Waals surface area contributed by atoms with Crippen LogP contribution in [0.25, 0.3) is 10.9 Å². The van der Waals surface area contributed by atoms with Crippen LogP contribution >= 0.6 is 11.6 Å². The average Bonchev–Trinajstić information content (AvgIpc) is 2.66. The van der Waals surface area contributed by atoms with E-state index in [0.29, 0.717) is 22.8 Å². The van der Waals surface area contributed by atoms with Crippen LogP contribution in [0.1, 0.15) is 40.1 Å². The average molecular weight is 369 g/mol. The molecule has 0 spiro atoms. The Hall–Kier alpha value is -2.43. The minimum atomic E-state index is -0.364. The van der Waals surface area contributed by atoms with Gasteiger partial charge in [0, 0.05) is 23.0 Å². The highest BCUT2D eigenvalue weighted by Crippen LogP contribution is 2.24. The van der Waals surface area contributed by atoms with Crippen LogP contribution in [0.4, 0.5) is 0 Å². The fourth-order valence-electron chi connectivity index (χ4n) is 3.06. The van der Waals surface area contributed by atoms with Crippen LogP contribution in [-0.4, -0.2) is 18.1 Å². The van der Waals surface area contributed by atoms with Crippen molar-refractivity contribution in [2.24, 2.45) is 0 Å². The van der Waals surface area contributed by atoms with Crippen LogP contribution < -0.4 is 5.32 Å². The lowest BCUT2D eigenvalue weighted by atomic mass is 10.0. The normalized spacial score (nSPS) is 12.2. The van der Waals surface area contributed by atoms with E-state index < -0.39 is 0 Å². The largest absolute Gasteiger partial charge is 0.465 e. The Bertz CT molecular complexity index is 939. The number of nitrogens with one attached hydrogen (secondary N) is 1. The summed E-state index contributed by atoms with van der Waals surface area (Å²) in [5.41, 5.74) is 4.09. The zero-order valence-electron chi connectivity index (χ0n) is 15.0. The van der Waals surface area contributed by atoms with E-state index in [0.717, 1.165) is 22.0 Å². The number of rotatable bonds is 5. The van der Waals surface area contributed by atoms with Crippen molar-refractivity contribution in [1.29, 1.82) is 0 Å². The molecule has 1 aromatic heterocycles. The smallest absolute Gasteiger partial charge is 0.340 e. The zero-order chi connectivity index (χ0) is 18.7. The van der Waals surface area contributed by atoms with E-state index in [-0.39, 0.29) is 12.0 Å². The molecule has 134 valence electrons. The minimum Gasteiger partial charge on any atom is -0.465 e. The first-order valence-electron chi connectivity index (χ1n) is 8.46. The fourth-order valence-corrected chi connectivity index (χ4v) is 3.19. The third-order valence-electron chi connectivity index (χ3n) is 4.56. The number of ether oxygens (including phenoxy) is 1. The molecule has 3 aromatic rings. The number of fused-ring (bicyclic) bond motifs is 1. The molecule has 0 aliphatic rings. The lowest BCUT2D eigenvalue weighted by Crippen LogP contribution is -2.22. The second-order valence-electron chi connectivity index (χ2n) is 6.22. The molecule has 0 amide bonds. The van der Waals surface area contributed by atoms with Gasteiger partial charge in [0.15, 0.2) is 0 Å². The molecule has 0 saturated carbocycles. The van der Waals surface area contributed by atoms with Crippen LogP contribution in [0.3, 0.4) is 0 Å². The van der Waals surface area contributed by atoms with Crippen molar-refractivity contribution in [3.8, 4) is 0 Å². The standard InChI is InChI=1S/C21H21ClN2O2/c1-13-17-6-4-5-7-18(17)24-19(20(13)21(25)26-3)12-23-14(2)15-8-10-16(22)11-9-15/h4-11,14,23H,12H2,1-3H3/t14-/m1/s1. The summed E-state index contributed by atoms with van der Waals surface area (Å²) in [6.45, 7) is 4.46. The van der Waals surface area contributed by atoms with Gasteiger partial charge in [-0.15, -0.1) is 0 Å². The van der Waals surface area contributed by atoms with Gasteiger partial charge in [0.2, 0.25) is 0 Å². The lowest BCUT2D eigenvalue weighted by molar-refractivity contribution is 0.0598. The summed E-state index contributed by atoms with van der Waals surface area (Å²) in [6.07, 6.45) is 0. The van der Waals surface area contributed by atoms with Gasteiger partial charge in [0.25, 0.3) is 0 Å². The van der Waals surface area contributed by atoms with Gasteiger partial charge < -0.3 is 10.1 Å². The third kappa shape index (κ3) is 3.71. The Morgan fingerprint density at radius 3 is 2.58 bits per heavy atom. The number of nitrogens with zero attached hydrogens (tertiary/aromatic N) is 1. The molecule has 0 radical (unpaired) electrons. The Labute approximate surface area is 158 Å². The first kappa shape index (κ1) is 18.4. The second-order valence-corrected chi connectivity index (χ2v) is 6.66. The number of carbonyl (C=O) groups is 1. The van der Waals surface area contributed by atoms with Gasteiger partial charge in [-0.2, -0.15) is 0 Å². The van der Waals surface area contributed by atoms with E-state index in [2.05, 4.69) is 12.2 Å². The number of esters is 1. The topological polar surface area (TPSA) is 51.2 Å². The number of hydrogen-bond donors (Lipinski definition) is 1. The SMILES string of the molecule is COC(=O)c1c(CN[C@H](C)c2ccc(Cl)cc2)nc2ccccc2c1C. The summed E-state index contributed by atoms with van der Waals surface area (Å²) in [7, 11) is 1.39. The van der Waals surface area contributed by atoms with E-state index in [1.807, 2.05) is 55.5 Å². The summed E-state index contributed by atoms with van der Waals surface area (Å²) in [5.74, 6) is -0.364. The van der Waals surface area contributed by atoms with Gasteiger partial charge in [-0.25, -0.2) is 4.79 Å². The summed E-state index contributed by atoms with van der Waals surface area (Å²) < 4.78 is 4.99. The Kier molecular flexibility index (Phi) is 5.55. The number of pyridine rings is 1. The van der Waals surface area contributed by atoms with E-state index in [1.165, 1.54) is 7.11 Å². The van der Waals surface area contributed by atoms with Gasteiger partial charge in [-0.1, -0.05) is 41.9 Å².